The summed E-state index contributed by atoms with van der Waals surface area (Å²) in [4.78, 5) is 12.4. The first-order valence-corrected chi connectivity index (χ1v) is 6.81. The third-order valence-corrected chi connectivity index (χ3v) is 3.49. The Bertz CT molecular complexity index is 754. The first-order valence-electron chi connectivity index (χ1n) is 6.81. The summed E-state index contributed by atoms with van der Waals surface area (Å²) in [6.07, 6.45) is -9.98. The van der Waals surface area contributed by atoms with Crippen LogP contribution in [-0.2, 0) is 12.4 Å². The number of hydrogen-bond acceptors (Lipinski definition) is 1. The van der Waals surface area contributed by atoms with Crippen LogP contribution in [0.25, 0.3) is 0 Å². The van der Waals surface area contributed by atoms with Gasteiger partial charge in [0.05, 0.1) is 11.1 Å². The molecule has 2 aromatic rings. The van der Waals surface area contributed by atoms with Crippen LogP contribution >= 0.6 is 0 Å². The third kappa shape index (κ3) is 3.77. The van der Waals surface area contributed by atoms with Crippen LogP contribution in [0, 0.1) is 13.8 Å². The minimum absolute atomic E-state index is 0.000119. The highest BCUT2D eigenvalue weighted by Crippen LogP contribution is 2.36. The van der Waals surface area contributed by atoms with E-state index < -0.39 is 34.8 Å². The van der Waals surface area contributed by atoms with Gasteiger partial charge in [-0.1, -0.05) is 17.7 Å². The maximum atomic E-state index is 12.9. The predicted molar refractivity (Wildman–Crippen MR) is 75.8 cm³/mol. The molecule has 24 heavy (non-hydrogen) atoms. The SMILES string of the molecule is Cc1ccc(C)c(C(=O)c2cc(C(F)(F)F)cc(C(F)(F)F)c2)c1. The molecule has 1 nitrogen and oxygen atoms in total. The monoisotopic (exact) mass is 346 g/mol. The Labute approximate surface area is 133 Å². The van der Waals surface area contributed by atoms with E-state index in [0.29, 0.717) is 23.3 Å². The molecule has 0 N–H and O–H groups in total. The van der Waals surface area contributed by atoms with Crippen molar-refractivity contribution in [3.8, 4) is 0 Å². The number of hydrogen-bond donors (Lipinski definition) is 0. The second kappa shape index (κ2) is 5.96. The molecule has 0 aliphatic rings. The molecule has 0 aromatic heterocycles. The summed E-state index contributed by atoms with van der Waals surface area (Å²) in [6.45, 7) is 3.23. The highest BCUT2D eigenvalue weighted by Gasteiger charge is 2.37. The molecule has 7 heteroatoms. The second-order valence-corrected chi connectivity index (χ2v) is 5.44. The van der Waals surface area contributed by atoms with E-state index in [2.05, 4.69) is 0 Å². The molecule has 2 rings (SSSR count). The number of ketones is 1. The zero-order chi connectivity index (χ0) is 18.3. The lowest BCUT2D eigenvalue weighted by Crippen LogP contribution is -2.14. The van der Waals surface area contributed by atoms with Crippen molar-refractivity contribution in [2.75, 3.05) is 0 Å². The summed E-state index contributed by atoms with van der Waals surface area (Å²) in [6, 6.07) is 5.60. The molecule has 0 aliphatic heterocycles. The average molecular weight is 346 g/mol. The molecule has 0 fully saturated rings. The summed E-state index contributed by atoms with van der Waals surface area (Å²) in [5.74, 6) is -0.882. The average Bonchev–Trinajstić information content (AvgIpc) is 2.46. The van der Waals surface area contributed by atoms with Crippen LogP contribution in [0.2, 0.25) is 0 Å². The van der Waals surface area contributed by atoms with Gasteiger partial charge in [-0.3, -0.25) is 4.79 Å². The van der Waals surface area contributed by atoms with Gasteiger partial charge in [-0.15, -0.1) is 0 Å². The van der Waals surface area contributed by atoms with Gasteiger partial charge in [-0.05, 0) is 43.7 Å². The zero-order valence-corrected chi connectivity index (χ0v) is 12.6. The highest BCUT2D eigenvalue weighted by atomic mass is 19.4. The quantitative estimate of drug-likeness (QED) is 0.513. The molecular weight excluding hydrogens is 334 g/mol. The van der Waals surface area contributed by atoms with Crippen molar-refractivity contribution in [2.24, 2.45) is 0 Å². The molecular formula is C17H12F6O. The maximum Gasteiger partial charge on any atom is 0.416 e. The summed E-state index contributed by atoms with van der Waals surface area (Å²) < 4.78 is 77.2. The summed E-state index contributed by atoms with van der Waals surface area (Å²) in [5, 5.41) is 0. The summed E-state index contributed by atoms with van der Waals surface area (Å²) >= 11 is 0. The largest absolute Gasteiger partial charge is 0.416 e. The Morgan fingerprint density at radius 2 is 1.29 bits per heavy atom. The predicted octanol–water partition coefficient (Wildman–Crippen LogP) is 5.57. The van der Waals surface area contributed by atoms with Crippen molar-refractivity contribution in [2.45, 2.75) is 26.2 Å². The minimum atomic E-state index is -4.99. The van der Waals surface area contributed by atoms with Crippen LogP contribution in [0.4, 0.5) is 26.3 Å². The number of alkyl halides is 6. The molecule has 0 bridgehead atoms. The van der Waals surface area contributed by atoms with Gasteiger partial charge in [-0.25, -0.2) is 0 Å². The topological polar surface area (TPSA) is 17.1 Å². The lowest BCUT2D eigenvalue weighted by molar-refractivity contribution is -0.143. The van der Waals surface area contributed by atoms with Gasteiger partial charge in [0.2, 0.25) is 0 Å². The van der Waals surface area contributed by atoms with Crippen molar-refractivity contribution < 1.29 is 31.1 Å². The van der Waals surface area contributed by atoms with Crippen LogP contribution in [0.15, 0.2) is 36.4 Å². The second-order valence-electron chi connectivity index (χ2n) is 5.44. The van der Waals surface area contributed by atoms with Gasteiger partial charge < -0.3 is 0 Å². The van der Waals surface area contributed by atoms with Gasteiger partial charge in [0.1, 0.15) is 0 Å². The Hall–Kier alpha value is -2.31. The normalized spacial score (nSPS) is 12.3. The first-order chi connectivity index (χ1) is 10.9. The molecule has 0 radical (unpaired) electrons. The standard InChI is InChI=1S/C17H12F6O/c1-9-3-4-10(2)14(5-9)15(24)11-6-12(16(18,19)20)8-13(7-11)17(21,22)23/h3-8H,1-2H3. The van der Waals surface area contributed by atoms with Gasteiger partial charge in [0, 0.05) is 11.1 Å². The van der Waals surface area contributed by atoms with Gasteiger partial charge >= 0.3 is 12.4 Å². The molecule has 0 spiro atoms. The van der Waals surface area contributed by atoms with E-state index in [-0.39, 0.29) is 11.6 Å². The van der Waals surface area contributed by atoms with Crippen LogP contribution in [-0.4, -0.2) is 5.78 Å². The minimum Gasteiger partial charge on any atom is -0.289 e. The molecule has 0 unspecified atom stereocenters. The van der Waals surface area contributed by atoms with Crippen molar-refractivity contribution in [3.05, 3.63) is 69.8 Å². The van der Waals surface area contributed by atoms with Crippen molar-refractivity contribution in [1.82, 2.24) is 0 Å². The third-order valence-electron chi connectivity index (χ3n) is 3.49. The van der Waals surface area contributed by atoms with E-state index in [1.165, 1.54) is 6.07 Å². The number of carbonyl (C=O) groups is 1. The molecule has 0 heterocycles. The van der Waals surface area contributed by atoms with Crippen LogP contribution in [0.1, 0.15) is 38.2 Å². The summed E-state index contributed by atoms with van der Waals surface area (Å²) in [5.41, 5.74) is -2.45. The van der Waals surface area contributed by atoms with E-state index in [4.69, 9.17) is 0 Å². The fourth-order valence-corrected chi connectivity index (χ4v) is 2.22. The number of benzene rings is 2. The highest BCUT2D eigenvalue weighted by molar-refractivity contribution is 6.10. The first kappa shape index (κ1) is 18.0. The smallest absolute Gasteiger partial charge is 0.289 e. The van der Waals surface area contributed by atoms with Crippen LogP contribution < -0.4 is 0 Å². The molecule has 128 valence electrons. The molecule has 0 saturated heterocycles. The van der Waals surface area contributed by atoms with Crippen LogP contribution in [0.3, 0.4) is 0 Å². The lowest BCUT2D eigenvalue weighted by Gasteiger charge is -2.14. The van der Waals surface area contributed by atoms with Crippen molar-refractivity contribution in [1.29, 1.82) is 0 Å². The molecule has 2 aromatic carbocycles. The molecule has 0 amide bonds. The number of carbonyl (C=O) groups excluding carboxylic acids is 1. The molecule has 0 aliphatic carbocycles. The fraction of sp³-hybridized carbons (Fsp3) is 0.235. The van der Waals surface area contributed by atoms with E-state index in [9.17, 15) is 31.1 Å². The van der Waals surface area contributed by atoms with E-state index >= 15 is 0 Å². The number of halogens is 6. The van der Waals surface area contributed by atoms with Crippen LogP contribution in [0.5, 0.6) is 0 Å². The van der Waals surface area contributed by atoms with E-state index in [1.54, 1.807) is 26.0 Å². The molecule has 0 atom stereocenters. The van der Waals surface area contributed by atoms with Gasteiger partial charge in [-0.2, -0.15) is 26.3 Å². The number of rotatable bonds is 2. The van der Waals surface area contributed by atoms with Gasteiger partial charge in [0.15, 0.2) is 5.78 Å². The number of aryl methyl sites for hydroxylation is 2. The summed E-state index contributed by atoms with van der Waals surface area (Å²) in [7, 11) is 0. The van der Waals surface area contributed by atoms with Crippen molar-refractivity contribution in [3.63, 3.8) is 0 Å². The Morgan fingerprint density at radius 1 is 0.792 bits per heavy atom. The Balaban J connectivity index is 2.65. The zero-order valence-electron chi connectivity index (χ0n) is 12.6. The Kier molecular flexibility index (Phi) is 4.48. The van der Waals surface area contributed by atoms with E-state index in [0.717, 1.165) is 0 Å². The maximum absolute atomic E-state index is 12.9. The van der Waals surface area contributed by atoms with Crippen molar-refractivity contribution >= 4 is 5.78 Å². The molecule has 0 saturated carbocycles. The lowest BCUT2D eigenvalue weighted by atomic mass is 9.94. The van der Waals surface area contributed by atoms with E-state index in [1.807, 2.05) is 0 Å². The fourth-order valence-electron chi connectivity index (χ4n) is 2.22. The Morgan fingerprint density at radius 3 is 1.75 bits per heavy atom. The van der Waals surface area contributed by atoms with Gasteiger partial charge in [0.25, 0.3) is 0 Å².